The van der Waals surface area contributed by atoms with Crippen molar-refractivity contribution >= 4 is 0 Å². The zero-order valence-corrected chi connectivity index (χ0v) is 5.54. The topological polar surface area (TPSA) is 3.88 Å². The first-order chi connectivity index (χ1) is 5.04. The maximum absolute atomic E-state index is 12.4. The molecule has 0 radical (unpaired) electrons. The first kappa shape index (κ1) is 7.97. The van der Waals surface area contributed by atoms with Crippen molar-refractivity contribution in [3.05, 3.63) is 29.3 Å². The molecule has 0 atom stereocenters. The van der Waals surface area contributed by atoms with Crippen LogP contribution in [0.3, 0.4) is 0 Å². The Labute approximate surface area is 59.8 Å². The highest BCUT2D eigenvalue weighted by Crippen LogP contribution is 2.07. The molecule has 1 nitrogen and oxygen atoms in total. The van der Waals surface area contributed by atoms with Crippen molar-refractivity contribution in [3.63, 3.8) is 0 Å². The number of nitrogens with zero attached hydrogens (tertiary/aromatic N) is 1. The molecule has 1 aromatic heterocycles. The van der Waals surface area contributed by atoms with Crippen LogP contribution < -0.4 is 4.79 Å². The van der Waals surface area contributed by atoms with Gasteiger partial charge in [0.15, 0.2) is 0 Å². The van der Waals surface area contributed by atoms with E-state index >= 15 is 0 Å². The van der Waals surface area contributed by atoms with Crippen LogP contribution in [0.1, 0.15) is 5.56 Å². The summed E-state index contributed by atoms with van der Waals surface area (Å²) in [7, 11) is 0. The van der Waals surface area contributed by atoms with Gasteiger partial charge in [0, 0.05) is 0 Å². The zero-order valence-electron chi connectivity index (χ0n) is 5.54. The Bertz CT molecular complexity index is 271. The predicted molar refractivity (Wildman–Crippen MR) is 27.8 cm³/mol. The molecule has 1 rings (SSSR count). The number of aromatic nitrogens is 1. The molecule has 60 valence electrons. The average Bonchev–Trinajstić information content (AvgIpc) is 1.97. The lowest BCUT2D eigenvalue weighted by molar-refractivity contribution is -0.886. The molecule has 0 saturated heterocycles. The maximum atomic E-state index is 12.4. The van der Waals surface area contributed by atoms with E-state index in [-0.39, 0.29) is 6.07 Å². The minimum atomic E-state index is -1.59. The number of rotatable bonds is 0. The molecule has 1 aromatic rings. The van der Waals surface area contributed by atoms with Crippen molar-refractivity contribution in [1.82, 2.24) is 0 Å². The SMILES string of the molecule is Cc1c(F)cc(F)[n+](F)c1F. The van der Waals surface area contributed by atoms with Gasteiger partial charge in [0.05, 0.1) is 16.4 Å². The molecule has 0 aliphatic rings. The molecule has 1 heterocycles. The lowest BCUT2D eigenvalue weighted by Gasteiger charge is -1.91. The van der Waals surface area contributed by atoms with E-state index in [1.165, 1.54) is 0 Å². The molecule has 0 aliphatic heterocycles. The maximum Gasteiger partial charge on any atom is 0.414 e. The van der Waals surface area contributed by atoms with Crippen molar-refractivity contribution < 1.29 is 22.4 Å². The van der Waals surface area contributed by atoms with Gasteiger partial charge in [0.1, 0.15) is 10.3 Å². The molecule has 0 amide bonds. The average molecular weight is 166 g/mol. The second kappa shape index (κ2) is 2.48. The molecule has 5 heteroatoms. The van der Waals surface area contributed by atoms with E-state index in [9.17, 15) is 17.7 Å². The van der Waals surface area contributed by atoms with Gasteiger partial charge in [0.25, 0.3) is 0 Å². The van der Waals surface area contributed by atoms with Crippen LogP contribution in [-0.4, -0.2) is 0 Å². The molecule has 0 fully saturated rings. The van der Waals surface area contributed by atoms with Crippen LogP contribution in [0, 0.1) is 24.6 Å². The van der Waals surface area contributed by atoms with Crippen LogP contribution in [0.4, 0.5) is 17.7 Å². The van der Waals surface area contributed by atoms with Gasteiger partial charge in [-0.1, -0.05) is 0 Å². The van der Waals surface area contributed by atoms with Gasteiger partial charge in [-0.3, -0.25) is 0 Å². The fraction of sp³-hybridized carbons (Fsp3) is 0.167. The Balaban J connectivity index is 3.46. The normalized spacial score (nSPS) is 10.3. The minimum Gasteiger partial charge on any atom is -0.206 e. The van der Waals surface area contributed by atoms with E-state index in [2.05, 4.69) is 0 Å². The van der Waals surface area contributed by atoms with Gasteiger partial charge in [-0.2, -0.15) is 0 Å². The highest BCUT2D eigenvalue weighted by Gasteiger charge is 2.24. The van der Waals surface area contributed by atoms with Gasteiger partial charge >= 0.3 is 11.9 Å². The van der Waals surface area contributed by atoms with Gasteiger partial charge in [-0.05, 0) is 6.92 Å². The van der Waals surface area contributed by atoms with Gasteiger partial charge < -0.3 is 0 Å². The quantitative estimate of drug-likeness (QED) is 0.405. The van der Waals surface area contributed by atoms with Crippen molar-refractivity contribution in [2.24, 2.45) is 0 Å². The van der Waals surface area contributed by atoms with E-state index in [1.807, 2.05) is 0 Å². The largest absolute Gasteiger partial charge is 0.414 e. The van der Waals surface area contributed by atoms with Crippen molar-refractivity contribution in [1.29, 1.82) is 0 Å². The zero-order chi connectivity index (χ0) is 8.59. The standard InChI is InChI=1S/C6H4F4N/c1-3-4(7)2-5(8)11(10)6(3)9/h2H,1H3/q+1. The van der Waals surface area contributed by atoms with Crippen LogP contribution in [0.5, 0.6) is 0 Å². The first-order valence-corrected chi connectivity index (χ1v) is 2.76. The summed E-state index contributed by atoms with van der Waals surface area (Å²) in [5.41, 5.74) is -0.547. The lowest BCUT2D eigenvalue weighted by atomic mass is 10.3. The minimum absolute atomic E-state index is 0.276. The summed E-state index contributed by atoms with van der Waals surface area (Å²) >= 11 is 0. The summed E-state index contributed by atoms with van der Waals surface area (Å²) in [6, 6.07) is 0.276. The van der Waals surface area contributed by atoms with E-state index in [0.717, 1.165) is 6.92 Å². The van der Waals surface area contributed by atoms with Crippen molar-refractivity contribution in [3.8, 4) is 0 Å². The summed E-state index contributed by atoms with van der Waals surface area (Å²) in [6.45, 7) is 1.01. The molecule has 0 aromatic carbocycles. The second-order valence-corrected chi connectivity index (χ2v) is 2.01. The third-order valence-corrected chi connectivity index (χ3v) is 1.27. The predicted octanol–water partition coefficient (Wildman–Crippen LogP) is 1.43. The Hall–Kier alpha value is -1.13. The lowest BCUT2D eigenvalue weighted by Crippen LogP contribution is -2.34. The monoisotopic (exact) mass is 166 g/mol. The van der Waals surface area contributed by atoms with E-state index in [4.69, 9.17) is 0 Å². The fourth-order valence-corrected chi connectivity index (χ4v) is 0.609. The molecular formula is C6H4F4N+. The summed E-state index contributed by atoms with van der Waals surface area (Å²) in [4.78, 5) is -0.849. The summed E-state index contributed by atoms with van der Waals surface area (Å²) in [6.07, 6.45) is 0. The van der Waals surface area contributed by atoms with Crippen LogP contribution in [-0.2, 0) is 0 Å². The van der Waals surface area contributed by atoms with Crippen LogP contribution in [0.25, 0.3) is 0 Å². The molecule has 0 bridgehead atoms. The van der Waals surface area contributed by atoms with Crippen LogP contribution in [0.15, 0.2) is 6.07 Å². The number of halogens is 4. The summed E-state index contributed by atoms with van der Waals surface area (Å²) in [5, 5.41) is 0. The van der Waals surface area contributed by atoms with Gasteiger partial charge in [-0.25, -0.2) is 4.39 Å². The fourth-order valence-electron chi connectivity index (χ4n) is 0.609. The third kappa shape index (κ3) is 1.18. The third-order valence-electron chi connectivity index (χ3n) is 1.27. The molecule has 0 unspecified atom stereocenters. The molecule has 0 N–H and O–H groups in total. The van der Waals surface area contributed by atoms with Crippen LogP contribution >= 0.6 is 0 Å². The van der Waals surface area contributed by atoms with Crippen molar-refractivity contribution in [2.45, 2.75) is 6.92 Å². The molecule has 0 aliphatic carbocycles. The number of hydrogen-bond donors (Lipinski definition) is 0. The van der Waals surface area contributed by atoms with Gasteiger partial charge in [-0.15, -0.1) is 8.78 Å². The number of pyridine rings is 1. The molecule has 0 spiro atoms. The highest BCUT2D eigenvalue weighted by atomic mass is 19.2. The molecule has 0 saturated carbocycles. The smallest absolute Gasteiger partial charge is 0.206 e. The number of hydrogen-bond acceptors (Lipinski definition) is 0. The van der Waals surface area contributed by atoms with E-state index in [0.29, 0.717) is 0 Å². The second-order valence-electron chi connectivity index (χ2n) is 2.01. The van der Waals surface area contributed by atoms with Crippen LogP contribution in [0.2, 0.25) is 0 Å². The highest BCUT2D eigenvalue weighted by molar-refractivity contribution is 5.07. The van der Waals surface area contributed by atoms with E-state index < -0.39 is 28.1 Å². The van der Waals surface area contributed by atoms with E-state index in [1.54, 1.807) is 0 Å². The van der Waals surface area contributed by atoms with Crippen molar-refractivity contribution in [2.75, 3.05) is 0 Å². The molecule has 11 heavy (non-hydrogen) atoms. The molecular weight excluding hydrogens is 162 g/mol. The van der Waals surface area contributed by atoms with Gasteiger partial charge in [0.2, 0.25) is 0 Å². The Kier molecular flexibility index (Phi) is 1.80. The Morgan fingerprint density at radius 1 is 1.27 bits per heavy atom. The Morgan fingerprint density at radius 3 is 2.36 bits per heavy atom. The Morgan fingerprint density at radius 2 is 1.82 bits per heavy atom. The summed E-state index contributed by atoms with van der Waals surface area (Å²) < 4.78 is 49.0. The summed E-state index contributed by atoms with van der Waals surface area (Å²) in [5.74, 6) is -4.25. The first-order valence-electron chi connectivity index (χ1n) is 2.76.